The first-order valence-corrected chi connectivity index (χ1v) is 18.7. The van der Waals surface area contributed by atoms with Crippen LogP contribution in [0.1, 0.15) is 63.8 Å². The molecule has 0 fully saturated rings. The van der Waals surface area contributed by atoms with Gasteiger partial charge in [-0.3, -0.25) is 23.7 Å². The zero-order chi connectivity index (χ0) is 37.1. The SMILES string of the molecule is CC[C@H](NC[C@H](Cc1ccccn1)NC(=O)c1cc(C(=O)N[C@H](C)c2cccc(Cl)c2)cc(N(C)S(C)(=O)=O)c1)C(=O)NCc1ccc(N)cc1. The fourth-order valence-electron chi connectivity index (χ4n) is 5.25. The molecule has 6 N–H and O–H groups in total. The molecule has 1 aromatic heterocycles. The van der Waals surface area contributed by atoms with Crippen molar-refractivity contribution in [2.45, 2.75) is 51.4 Å². The molecule has 4 aromatic rings. The van der Waals surface area contributed by atoms with E-state index in [1.807, 2.05) is 37.3 Å². The molecule has 0 spiro atoms. The molecule has 12 nitrogen and oxygen atoms in total. The summed E-state index contributed by atoms with van der Waals surface area (Å²) in [5.41, 5.74) is 9.09. The third-order valence-corrected chi connectivity index (χ3v) is 9.74. The van der Waals surface area contributed by atoms with Gasteiger partial charge in [-0.25, -0.2) is 8.42 Å². The number of benzene rings is 3. The Labute approximate surface area is 304 Å². The number of rotatable bonds is 16. The minimum atomic E-state index is -3.74. The molecule has 4 rings (SSSR count). The Morgan fingerprint density at radius 1 is 0.922 bits per heavy atom. The van der Waals surface area contributed by atoms with Crippen molar-refractivity contribution in [3.05, 3.63) is 124 Å². The number of anilines is 2. The largest absolute Gasteiger partial charge is 0.399 e. The van der Waals surface area contributed by atoms with Gasteiger partial charge in [-0.15, -0.1) is 0 Å². The molecule has 0 saturated carbocycles. The van der Waals surface area contributed by atoms with Gasteiger partial charge >= 0.3 is 0 Å². The van der Waals surface area contributed by atoms with Crippen LogP contribution in [0.5, 0.6) is 0 Å². The molecule has 3 amide bonds. The molecule has 51 heavy (non-hydrogen) atoms. The number of halogens is 1. The number of carbonyl (C=O) groups excluding carboxylic acids is 3. The number of aromatic nitrogens is 1. The molecule has 0 saturated heterocycles. The maximum atomic E-state index is 13.9. The van der Waals surface area contributed by atoms with E-state index in [-0.39, 0.29) is 29.3 Å². The Balaban J connectivity index is 1.55. The normalized spacial score (nSPS) is 13.0. The molecule has 0 unspecified atom stereocenters. The molecule has 3 atom stereocenters. The predicted molar refractivity (Wildman–Crippen MR) is 201 cm³/mol. The summed E-state index contributed by atoms with van der Waals surface area (Å²) in [4.78, 5) is 44.9. The Morgan fingerprint density at radius 3 is 2.22 bits per heavy atom. The smallest absolute Gasteiger partial charge is 0.251 e. The van der Waals surface area contributed by atoms with Crippen LogP contribution in [0.15, 0.2) is 91.1 Å². The Bertz CT molecular complexity index is 1930. The van der Waals surface area contributed by atoms with E-state index in [0.29, 0.717) is 35.8 Å². The number of nitrogens with two attached hydrogens (primary N) is 1. The summed E-state index contributed by atoms with van der Waals surface area (Å²) in [6.45, 7) is 4.22. The first-order chi connectivity index (χ1) is 24.2. The van der Waals surface area contributed by atoms with Crippen LogP contribution in [0.25, 0.3) is 0 Å². The number of hydrogen-bond acceptors (Lipinski definition) is 8. The van der Waals surface area contributed by atoms with Gasteiger partial charge in [-0.2, -0.15) is 0 Å². The molecule has 0 aliphatic carbocycles. The van der Waals surface area contributed by atoms with Crippen molar-refractivity contribution in [1.29, 1.82) is 0 Å². The molecular formula is C37H44ClN7O5S. The van der Waals surface area contributed by atoms with Gasteiger partial charge in [0.25, 0.3) is 11.8 Å². The standard InChI is InChI=1S/C37H44ClN7O5S/c1-5-34(37(48)42-22-25-12-14-30(39)15-13-25)41-23-32(21-31-11-6-7-16-40-31)44-36(47)28-17-27(19-33(20-28)45(3)51(4,49)50)35(46)43-24(2)26-9-8-10-29(38)18-26/h6-20,24,32,34,41H,5,21-23,39H2,1-4H3,(H,42,48)(H,43,46)(H,44,47)/t24-,32+,34+/m1/s1. The highest BCUT2D eigenvalue weighted by Crippen LogP contribution is 2.23. The first-order valence-electron chi connectivity index (χ1n) is 16.4. The van der Waals surface area contributed by atoms with E-state index < -0.39 is 40.0 Å². The zero-order valence-corrected chi connectivity index (χ0v) is 30.6. The lowest BCUT2D eigenvalue weighted by molar-refractivity contribution is -0.123. The van der Waals surface area contributed by atoms with Crippen molar-refractivity contribution in [3.63, 3.8) is 0 Å². The summed E-state index contributed by atoms with van der Waals surface area (Å²) in [6, 6.07) is 22.5. The van der Waals surface area contributed by atoms with Crippen molar-refractivity contribution in [2.24, 2.45) is 0 Å². The third-order valence-electron chi connectivity index (χ3n) is 8.30. The Kier molecular flexibility index (Phi) is 13.5. The number of hydrogen-bond donors (Lipinski definition) is 5. The summed E-state index contributed by atoms with van der Waals surface area (Å²) in [5, 5.41) is 12.6. The molecule has 3 aromatic carbocycles. The lowest BCUT2D eigenvalue weighted by Gasteiger charge is -2.24. The van der Waals surface area contributed by atoms with E-state index in [1.54, 1.807) is 49.5 Å². The van der Waals surface area contributed by atoms with Gasteiger partial charge in [0.15, 0.2) is 0 Å². The summed E-state index contributed by atoms with van der Waals surface area (Å²) in [5.74, 6) is -1.25. The van der Waals surface area contributed by atoms with E-state index in [2.05, 4.69) is 26.3 Å². The minimum Gasteiger partial charge on any atom is -0.399 e. The van der Waals surface area contributed by atoms with E-state index in [0.717, 1.165) is 21.7 Å². The van der Waals surface area contributed by atoms with Crippen molar-refractivity contribution >= 4 is 50.7 Å². The second kappa shape index (κ2) is 17.8. The molecule has 0 aliphatic heterocycles. The van der Waals surface area contributed by atoms with Gasteiger partial charge in [-0.1, -0.05) is 48.9 Å². The van der Waals surface area contributed by atoms with Crippen LogP contribution in [-0.4, -0.2) is 63.1 Å². The summed E-state index contributed by atoms with van der Waals surface area (Å²) in [6.07, 6.45) is 3.51. The van der Waals surface area contributed by atoms with Crippen LogP contribution in [-0.2, 0) is 27.8 Å². The van der Waals surface area contributed by atoms with Crippen LogP contribution < -0.4 is 31.3 Å². The highest BCUT2D eigenvalue weighted by molar-refractivity contribution is 7.92. The summed E-state index contributed by atoms with van der Waals surface area (Å²) < 4.78 is 26.0. The highest BCUT2D eigenvalue weighted by atomic mass is 35.5. The van der Waals surface area contributed by atoms with E-state index in [4.69, 9.17) is 17.3 Å². The van der Waals surface area contributed by atoms with Crippen molar-refractivity contribution in [3.8, 4) is 0 Å². The molecule has 0 bridgehead atoms. The number of amides is 3. The molecule has 270 valence electrons. The van der Waals surface area contributed by atoms with Crippen LogP contribution in [0.4, 0.5) is 11.4 Å². The van der Waals surface area contributed by atoms with Gasteiger partial charge in [0.05, 0.1) is 24.0 Å². The van der Waals surface area contributed by atoms with E-state index >= 15 is 0 Å². The van der Waals surface area contributed by atoms with Gasteiger partial charge in [0.2, 0.25) is 15.9 Å². The predicted octanol–water partition coefficient (Wildman–Crippen LogP) is 4.23. The number of nitrogens with one attached hydrogen (secondary N) is 4. The Hall–Kier alpha value is -4.98. The number of carbonyl (C=O) groups is 3. The fourth-order valence-corrected chi connectivity index (χ4v) is 5.94. The van der Waals surface area contributed by atoms with Crippen LogP contribution in [0.2, 0.25) is 5.02 Å². The second-order valence-corrected chi connectivity index (χ2v) is 14.7. The van der Waals surface area contributed by atoms with Gasteiger partial charge in [0, 0.05) is 66.3 Å². The highest BCUT2D eigenvalue weighted by Gasteiger charge is 2.23. The van der Waals surface area contributed by atoms with Gasteiger partial charge in [-0.05, 0) is 79.1 Å². The lowest BCUT2D eigenvalue weighted by Crippen LogP contribution is -2.50. The lowest BCUT2D eigenvalue weighted by atomic mass is 10.0. The average Bonchev–Trinajstić information content (AvgIpc) is 3.11. The molecule has 1 heterocycles. The zero-order valence-electron chi connectivity index (χ0n) is 29.0. The minimum absolute atomic E-state index is 0.0721. The van der Waals surface area contributed by atoms with Crippen molar-refractivity contribution < 1.29 is 22.8 Å². The molecular weight excluding hydrogens is 690 g/mol. The first kappa shape index (κ1) is 38.8. The quantitative estimate of drug-likeness (QED) is 0.106. The third kappa shape index (κ3) is 11.5. The molecule has 0 radical (unpaired) electrons. The summed E-state index contributed by atoms with van der Waals surface area (Å²) in [7, 11) is -2.39. The van der Waals surface area contributed by atoms with Gasteiger partial charge < -0.3 is 27.0 Å². The van der Waals surface area contributed by atoms with Crippen LogP contribution >= 0.6 is 11.6 Å². The number of nitrogen functional groups attached to an aromatic ring is 1. The average molecular weight is 734 g/mol. The number of sulfonamides is 1. The van der Waals surface area contributed by atoms with E-state index in [9.17, 15) is 22.8 Å². The topological polar surface area (TPSA) is 176 Å². The summed E-state index contributed by atoms with van der Waals surface area (Å²) >= 11 is 6.14. The Morgan fingerprint density at radius 2 is 1.61 bits per heavy atom. The molecule has 14 heteroatoms. The second-order valence-electron chi connectivity index (χ2n) is 12.3. The number of nitrogens with zero attached hydrogens (tertiary/aromatic N) is 2. The van der Waals surface area contributed by atoms with Crippen LogP contribution in [0.3, 0.4) is 0 Å². The van der Waals surface area contributed by atoms with Crippen molar-refractivity contribution in [2.75, 3.05) is 29.9 Å². The maximum absolute atomic E-state index is 13.9. The van der Waals surface area contributed by atoms with E-state index in [1.165, 1.54) is 25.2 Å². The number of pyridine rings is 1. The van der Waals surface area contributed by atoms with Crippen LogP contribution in [0, 0.1) is 0 Å². The molecule has 0 aliphatic rings. The monoisotopic (exact) mass is 733 g/mol. The van der Waals surface area contributed by atoms with Crippen molar-refractivity contribution in [1.82, 2.24) is 26.3 Å². The maximum Gasteiger partial charge on any atom is 0.251 e. The van der Waals surface area contributed by atoms with Gasteiger partial charge in [0.1, 0.15) is 0 Å². The fraction of sp³-hybridized carbons (Fsp3) is 0.297.